The van der Waals surface area contributed by atoms with Crippen molar-refractivity contribution < 1.29 is 22.7 Å². The molecule has 150 valence electrons. The van der Waals surface area contributed by atoms with Crippen molar-refractivity contribution in [3.8, 4) is 22.8 Å². The van der Waals surface area contributed by atoms with E-state index in [1.54, 1.807) is 6.07 Å². The SMILES string of the molecule is COc1cc2c(cc1OC)-c1cc(N(C(=O)CN)S(C)(=O)=O)nc(=O)n1CC2. The van der Waals surface area contributed by atoms with Gasteiger partial charge < -0.3 is 15.2 Å². The molecule has 0 saturated carbocycles. The number of aryl methyl sites for hydroxylation is 1. The third-order valence-electron chi connectivity index (χ3n) is 4.43. The lowest BCUT2D eigenvalue weighted by molar-refractivity contribution is -0.116. The van der Waals surface area contributed by atoms with Gasteiger partial charge >= 0.3 is 5.69 Å². The molecule has 2 heterocycles. The molecule has 10 nitrogen and oxygen atoms in total. The minimum Gasteiger partial charge on any atom is -0.493 e. The zero-order chi connectivity index (χ0) is 20.6. The van der Waals surface area contributed by atoms with Crippen LogP contribution in [0.25, 0.3) is 11.3 Å². The maximum Gasteiger partial charge on any atom is 0.350 e. The Hall–Kier alpha value is -2.92. The molecule has 2 aromatic rings. The third-order valence-corrected chi connectivity index (χ3v) is 5.48. The average Bonchev–Trinajstić information content (AvgIpc) is 2.65. The Morgan fingerprint density at radius 3 is 2.46 bits per heavy atom. The zero-order valence-electron chi connectivity index (χ0n) is 15.6. The number of anilines is 1. The Morgan fingerprint density at radius 1 is 1.25 bits per heavy atom. The van der Waals surface area contributed by atoms with Crippen LogP contribution in [0.3, 0.4) is 0 Å². The highest BCUT2D eigenvalue weighted by atomic mass is 32.2. The molecule has 1 aromatic carbocycles. The Bertz CT molecular complexity index is 1110. The van der Waals surface area contributed by atoms with Crippen molar-refractivity contribution in [1.29, 1.82) is 0 Å². The molecule has 11 heteroatoms. The molecular formula is C17H20N4O6S. The number of hydrogen-bond acceptors (Lipinski definition) is 8. The first-order valence-corrected chi connectivity index (χ1v) is 10.2. The Kier molecular flexibility index (Phi) is 5.13. The summed E-state index contributed by atoms with van der Waals surface area (Å²) < 4.78 is 36.7. The molecule has 1 aliphatic rings. The lowest BCUT2D eigenvalue weighted by Crippen LogP contribution is -2.42. The highest BCUT2D eigenvalue weighted by Crippen LogP contribution is 2.38. The number of sulfonamides is 1. The fourth-order valence-corrected chi connectivity index (χ4v) is 4.08. The topological polar surface area (TPSA) is 134 Å². The first-order valence-electron chi connectivity index (χ1n) is 8.31. The van der Waals surface area contributed by atoms with E-state index < -0.39 is 28.2 Å². The van der Waals surface area contributed by atoms with Crippen molar-refractivity contribution in [2.45, 2.75) is 13.0 Å². The average molecular weight is 408 g/mol. The van der Waals surface area contributed by atoms with E-state index in [0.717, 1.165) is 11.8 Å². The van der Waals surface area contributed by atoms with Gasteiger partial charge in [-0.25, -0.2) is 13.2 Å². The number of fused-ring (bicyclic) bond motifs is 3. The van der Waals surface area contributed by atoms with Gasteiger partial charge in [-0.2, -0.15) is 9.29 Å². The summed E-state index contributed by atoms with van der Waals surface area (Å²) in [5, 5.41) is 0. The van der Waals surface area contributed by atoms with E-state index in [-0.39, 0.29) is 5.82 Å². The van der Waals surface area contributed by atoms with Crippen molar-refractivity contribution in [1.82, 2.24) is 9.55 Å². The summed E-state index contributed by atoms with van der Waals surface area (Å²) in [6.07, 6.45) is 1.41. The number of carbonyl (C=O) groups excluding carboxylic acids is 1. The highest BCUT2D eigenvalue weighted by Gasteiger charge is 2.29. The normalized spacial score (nSPS) is 12.7. The van der Waals surface area contributed by atoms with E-state index in [2.05, 4.69) is 4.98 Å². The monoisotopic (exact) mass is 408 g/mol. The van der Waals surface area contributed by atoms with Crippen LogP contribution in [-0.4, -0.2) is 50.9 Å². The van der Waals surface area contributed by atoms with Gasteiger partial charge in [-0.15, -0.1) is 0 Å². The largest absolute Gasteiger partial charge is 0.493 e. The second-order valence-corrected chi connectivity index (χ2v) is 8.00. The van der Waals surface area contributed by atoms with Crippen LogP contribution in [0.4, 0.5) is 5.82 Å². The Balaban J connectivity index is 2.27. The van der Waals surface area contributed by atoms with E-state index >= 15 is 0 Å². The van der Waals surface area contributed by atoms with Crippen LogP contribution in [0.2, 0.25) is 0 Å². The summed E-state index contributed by atoms with van der Waals surface area (Å²) in [6.45, 7) is -0.192. The number of methoxy groups -OCH3 is 2. The van der Waals surface area contributed by atoms with Crippen LogP contribution >= 0.6 is 0 Å². The van der Waals surface area contributed by atoms with Gasteiger partial charge in [0, 0.05) is 18.2 Å². The van der Waals surface area contributed by atoms with Gasteiger partial charge in [0.1, 0.15) is 0 Å². The van der Waals surface area contributed by atoms with Gasteiger partial charge in [0.25, 0.3) is 5.91 Å². The van der Waals surface area contributed by atoms with Crippen LogP contribution in [0, 0.1) is 0 Å². The second-order valence-electron chi connectivity index (χ2n) is 6.17. The molecular weight excluding hydrogens is 388 g/mol. The summed E-state index contributed by atoms with van der Waals surface area (Å²) >= 11 is 0. The number of carbonyl (C=O) groups is 1. The van der Waals surface area contributed by atoms with Crippen molar-refractivity contribution in [3.63, 3.8) is 0 Å². The fraction of sp³-hybridized carbons (Fsp3) is 0.353. The third kappa shape index (κ3) is 3.34. The van der Waals surface area contributed by atoms with Crippen LogP contribution in [0.1, 0.15) is 5.56 Å². The van der Waals surface area contributed by atoms with Crippen LogP contribution in [0.5, 0.6) is 11.5 Å². The van der Waals surface area contributed by atoms with Gasteiger partial charge in [0.05, 0.1) is 32.7 Å². The summed E-state index contributed by atoms with van der Waals surface area (Å²) in [5.41, 5.74) is 6.66. The van der Waals surface area contributed by atoms with Gasteiger partial charge in [-0.1, -0.05) is 0 Å². The molecule has 0 aliphatic carbocycles. The Labute approximate surface area is 161 Å². The summed E-state index contributed by atoms with van der Waals surface area (Å²) in [6, 6.07) is 4.90. The quantitative estimate of drug-likeness (QED) is 0.715. The minimum absolute atomic E-state index is 0.295. The van der Waals surface area contributed by atoms with Crippen LogP contribution < -0.4 is 25.2 Å². The lowest BCUT2D eigenvalue weighted by atomic mass is 9.97. The summed E-state index contributed by atoms with van der Waals surface area (Å²) in [7, 11) is -1.01. The number of nitrogens with zero attached hydrogens (tertiary/aromatic N) is 3. The van der Waals surface area contributed by atoms with Gasteiger partial charge in [0.2, 0.25) is 10.0 Å². The van der Waals surface area contributed by atoms with E-state index in [0.29, 0.717) is 40.0 Å². The molecule has 2 N–H and O–H groups in total. The lowest BCUT2D eigenvalue weighted by Gasteiger charge is -2.25. The smallest absolute Gasteiger partial charge is 0.350 e. The van der Waals surface area contributed by atoms with Crippen molar-refractivity contribution in [2.24, 2.45) is 5.73 Å². The van der Waals surface area contributed by atoms with Crippen molar-refractivity contribution in [3.05, 3.63) is 34.2 Å². The first-order chi connectivity index (χ1) is 13.2. The molecule has 0 bridgehead atoms. The number of rotatable bonds is 5. The van der Waals surface area contributed by atoms with E-state index in [4.69, 9.17) is 15.2 Å². The molecule has 1 aromatic heterocycles. The van der Waals surface area contributed by atoms with Crippen LogP contribution in [-0.2, 0) is 27.8 Å². The van der Waals surface area contributed by atoms with Crippen LogP contribution in [0.15, 0.2) is 23.0 Å². The molecule has 0 saturated heterocycles. The second kappa shape index (κ2) is 7.24. The molecule has 0 radical (unpaired) electrons. The van der Waals surface area contributed by atoms with Crippen molar-refractivity contribution in [2.75, 3.05) is 31.3 Å². The molecule has 0 fully saturated rings. The van der Waals surface area contributed by atoms with Gasteiger partial charge in [-0.3, -0.25) is 9.36 Å². The van der Waals surface area contributed by atoms with Gasteiger partial charge in [-0.05, 0) is 24.1 Å². The molecule has 0 unspecified atom stereocenters. The molecule has 0 atom stereocenters. The maximum atomic E-state index is 12.5. The number of hydrogen-bond donors (Lipinski definition) is 1. The molecule has 28 heavy (non-hydrogen) atoms. The summed E-state index contributed by atoms with van der Waals surface area (Å²) in [5.74, 6) is -0.180. The predicted molar refractivity (Wildman–Crippen MR) is 102 cm³/mol. The standard InChI is InChI=1S/C17H20N4O6S/c1-26-13-6-10-4-5-20-12(11(10)7-14(13)27-2)8-15(19-17(20)23)21(16(22)9-18)28(3,24)25/h6-8H,4-5,9,18H2,1-3H3. The highest BCUT2D eigenvalue weighted by molar-refractivity contribution is 7.92. The number of amides is 1. The number of nitrogens with two attached hydrogens (primary N) is 1. The number of ether oxygens (including phenoxy) is 2. The number of benzene rings is 1. The van der Waals surface area contributed by atoms with Gasteiger partial charge in [0.15, 0.2) is 17.3 Å². The first kappa shape index (κ1) is 19.8. The molecule has 3 rings (SSSR count). The molecule has 0 spiro atoms. The predicted octanol–water partition coefficient (Wildman–Crippen LogP) is -0.265. The molecule has 1 aliphatic heterocycles. The number of aromatic nitrogens is 2. The molecule has 1 amide bonds. The zero-order valence-corrected chi connectivity index (χ0v) is 16.4. The minimum atomic E-state index is -4.03. The van der Waals surface area contributed by atoms with E-state index in [9.17, 15) is 18.0 Å². The Morgan fingerprint density at radius 2 is 1.89 bits per heavy atom. The van der Waals surface area contributed by atoms with E-state index in [1.807, 2.05) is 6.07 Å². The van der Waals surface area contributed by atoms with E-state index in [1.165, 1.54) is 24.9 Å². The summed E-state index contributed by atoms with van der Waals surface area (Å²) in [4.78, 5) is 28.4. The van der Waals surface area contributed by atoms with Crippen molar-refractivity contribution >= 4 is 21.7 Å². The fourth-order valence-electron chi connectivity index (χ4n) is 3.20. The maximum absolute atomic E-state index is 12.5.